The summed E-state index contributed by atoms with van der Waals surface area (Å²) in [4.78, 5) is 13.1. The number of esters is 1. The summed E-state index contributed by atoms with van der Waals surface area (Å²) in [6.45, 7) is 2.83. The maximum atomic E-state index is 11.0. The first-order valence-corrected chi connectivity index (χ1v) is 10.6. The highest BCUT2D eigenvalue weighted by molar-refractivity contribution is 5.69. The zero-order chi connectivity index (χ0) is 22.4. The molecule has 0 saturated carbocycles. The Morgan fingerprint density at radius 1 is 1.00 bits per heavy atom. The third-order valence-electron chi connectivity index (χ3n) is 5.50. The van der Waals surface area contributed by atoms with E-state index in [9.17, 15) is 9.90 Å². The molecule has 0 spiro atoms. The van der Waals surface area contributed by atoms with Crippen LogP contribution in [-0.4, -0.2) is 40.0 Å². The van der Waals surface area contributed by atoms with E-state index in [4.69, 9.17) is 4.74 Å². The van der Waals surface area contributed by atoms with Crippen LogP contribution in [-0.2, 0) is 11.2 Å². The third-order valence-corrected chi connectivity index (χ3v) is 5.50. The molecule has 1 aliphatic rings. The summed E-state index contributed by atoms with van der Waals surface area (Å²) < 4.78 is 5.02. The lowest BCUT2D eigenvalue weighted by atomic mass is 9.85. The van der Waals surface area contributed by atoms with E-state index in [-0.39, 0.29) is 5.97 Å². The number of anilines is 1. The van der Waals surface area contributed by atoms with Gasteiger partial charge in [0.25, 0.3) is 0 Å². The SMILES string of the molecule is CC(=O)Oc1ccc(C#Cc2ccc(N3CCC(O)(Cc4ccccc4)CC3)nn2)cc1. The van der Waals surface area contributed by atoms with E-state index in [1.54, 1.807) is 24.3 Å². The predicted octanol–water partition coefficient (Wildman–Crippen LogP) is 3.38. The minimum Gasteiger partial charge on any atom is -0.427 e. The Balaban J connectivity index is 1.34. The zero-order valence-electron chi connectivity index (χ0n) is 18.0. The van der Waals surface area contributed by atoms with Crippen molar-refractivity contribution in [2.45, 2.75) is 31.8 Å². The molecule has 162 valence electrons. The van der Waals surface area contributed by atoms with Crippen molar-refractivity contribution >= 4 is 11.8 Å². The molecule has 0 amide bonds. The molecular weight excluding hydrogens is 402 g/mol. The molecule has 32 heavy (non-hydrogen) atoms. The highest BCUT2D eigenvalue weighted by Crippen LogP contribution is 2.28. The molecule has 6 heteroatoms. The van der Waals surface area contributed by atoms with Gasteiger partial charge in [-0.1, -0.05) is 36.3 Å². The maximum absolute atomic E-state index is 11.0. The van der Waals surface area contributed by atoms with Gasteiger partial charge in [0.05, 0.1) is 5.60 Å². The number of aromatic nitrogens is 2. The van der Waals surface area contributed by atoms with E-state index in [0.29, 0.717) is 30.7 Å². The highest BCUT2D eigenvalue weighted by Gasteiger charge is 2.32. The quantitative estimate of drug-likeness (QED) is 0.391. The molecule has 1 aromatic heterocycles. The van der Waals surface area contributed by atoms with Gasteiger partial charge in [-0.25, -0.2) is 0 Å². The largest absolute Gasteiger partial charge is 0.427 e. The summed E-state index contributed by atoms with van der Waals surface area (Å²) in [6.07, 6.45) is 2.05. The number of rotatable bonds is 4. The first kappa shape index (κ1) is 21.5. The van der Waals surface area contributed by atoms with Gasteiger partial charge in [0.1, 0.15) is 11.4 Å². The fourth-order valence-electron chi connectivity index (χ4n) is 3.77. The van der Waals surface area contributed by atoms with Crippen LogP contribution in [0.1, 0.15) is 36.6 Å². The van der Waals surface area contributed by atoms with E-state index in [0.717, 1.165) is 30.0 Å². The Morgan fingerprint density at radius 3 is 2.34 bits per heavy atom. The smallest absolute Gasteiger partial charge is 0.308 e. The number of carbonyl (C=O) groups is 1. The van der Waals surface area contributed by atoms with Crippen molar-refractivity contribution < 1.29 is 14.6 Å². The van der Waals surface area contributed by atoms with Gasteiger partial charge in [0.2, 0.25) is 0 Å². The molecule has 3 aromatic rings. The van der Waals surface area contributed by atoms with Gasteiger partial charge in [-0.3, -0.25) is 4.79 Å². The van der Waals surface area contributed by atoms with Crippen LogP contribution in [0.5, 0.6) is 5.75 Å². The summed E-state index contributed by atoms with van der Waals surface area (Å²) in [5, 5.41) is 19.5. The molecule has 1 saturated heterocycles. The standard InChI is InChI=1S/C26H25N3O3/c1-20(30)32-24-12-8-21(9-13-24)7-10-23-11-14-25(28-27-23)29-17-15-26(31,16-18-29)19-22-5-3-2-4-6-22/h2-6,8-9,11-14,31H,15-19H2,1H3. The van der Waals surface area contributed by atoms with Gasteiger partial charge >= 0.3 is 5.97 Å². The molecule has 1 fully saturated rings. The molecule has 1 aliphatic heterocycles. The van der Waals surface area contributed by atoms with Crippen molar-refractivity contribution in [3.63, 3.8) is 0 Å². The third kappa shape index (κ3) is 5.71. The topological polar surface area (TPSA) is 75.5 Å². The Kier molecular flexibility index (Phi) is 6.48. The molecule has 4 rings (SSSR count). The number of hydrogen-bond donors (Lipinski definition) is 1. The molecule has 0 radical (unpaired) electrons. The Morgan fingerprint density at radius 2 is 1.72 bits per heavy atom. The molecule has 0 unspecified atom stereocenters. The fraction of sp³-hybridized carbons (Fsp3) is 0.269. The lowest BCUT2D eigenvalue weighted by molar-refractivity contribution is -0.131. The van der Waals surface area contributed by atoms with Crippen molar-refractivity contribution in [2.75, 3.05) is 18.0 Å². The number of ether oxygens (including phenoxy) is 1. The predicted molar refractivity (Wildman–Crippen MR) is 122 cm³/mol. The first-order chi connectivity index (χ1) is 15.5. The van der Waals surface area contributed by atoms with Crippen LogP contribution >= 0.6 is 0 Å². The second-order valence-corrected chi connectivity index (χ2v) is 8.02. The minimum absolute atomic E-state index is 0.353. The van der Waals surface area contributed by atoms with Crippen LogP contribution in [0.3, 0.4) is 0 Å². The van der Waals surface area contributed by atoms with Gasteiger partial charge in [0, 0.05) is 32.0 Å². The van der Waals surface area contributed by atoms with Crippen molar-refractivity contribution in [3.05, 3.63) is 83.6 Å². The van der Waals surface area contributed by atoms with Gasteiger partial charge in [-0.2, -0.15) is 0 Å². The second kappa shape index (κ2) is 9.63. The van der Waals surface area contributed by atoms with Gasteiger partial charge < -0.3 is 14.7 Å². The maximum Gasteiger partial charge on any atom is 0.308 e. The Labute approximate surface area is 187 Å². The van der Waals surface area contributed by atoms with Crippen LogP contribution in [0, 0.1) is 11.8 Å². The van der Waals surface area contributed by atoms with E-state index >= 15 is 0 Å². The van der Waals surface area contributed by atoms with Gasteiger partial charge in [-0.15, -0.1) is 10.2 Å². The van der Waals surface area contributed by atoms with Crippen LogP contribution < -0.4 is 9.64 Å². The summed E-state index contributed by atoms with van der Waals surface area (Å²) in [5.41, 5.74) is 1.85. The Hall–Kier alpha value is -3.69. The molecule has 0 aliphatic carbocycles. The monoisotopic (exact) mass is 427 g/mol. The van der Waals surface area contributed by atoms with Crippen LogP contribution in [0.4, 0.5) is 5.82 Å². The molecule has 6 nitrogen and oxygen atoms in total. The van der Waals surface area contributed by atoms with E-state index in [1.165, 1.54) is 6.92 Å². The molecular formula is C26H25N3O3. The number of nitrogens with zero attached hydrogens (tertiary/aromatic N) is 3. The van der Waals surface area contributed by atoms with Crippen molar-refractivity contribution in [1.29, 1.82) is 0 Å². The number of hydrogen-bond acceptors (Lipinski definition) is 6. The van der Waals surface area contributed by atoms with Crippen LogP contribution in [0.15, 0.2) is 66.7 Å². The van der Waals surface area contributed by atoms with Crippen molar-refractivity contribution in [3.8, 4) is 17.6 Å². The zero-order valence-corrected chi connectivity index (χ0v) is 18.0. The summed E-state index contributed by atoms with van der Waals surface area (Å²) in [5.74, 6) is 6.97. The Bertz CT molecular complexity index is 1110. The summed E-state index contributed by atoms with van der Waals surface area (Å²) in [7, 11) is 0. The summed E-state index contributed by atoms with van der Waals surface area (Å²) in [6, 6.07) is 20.9. The molecule has 0 atom stereocenters. The molecule has 2 heterocycles. The van der Waals surface area contributed by atoms with Crippen molar-refractivity contribution in [2.24, 2.45) is 0 Å². The van der Waals surface area contributed by atoms with Gasteiger partial charge in [-0.05, 0) is 60.7 Å². The highest BCUT2D eigenvalue weighted by atomic mass is 16.5. The molecule has 0 bridgehead atoms. The second-order valence-electron chi connectivity index (χ2n) is 8.02. The van der Waals surface area contributed by atoms with Crippen LogP contribution in [0.2, 0.25) is 0 Å². The minimum atomic E-state index is -0.679. The number of benzene rings is 2. The molecule has 1 N–H and O–H groups in total. The lowest BCUT2D eigenvalue weighted by Crippen LogP contribution is -2.46. The van der Waals surface area contributed by atoms with E-state index in [1.807, 2.05) is 30.3 Å². The van der Waals surface area contributed by atoms with Gasteiger partial charge in [0.15, 0.2) is 5.82 Å². The first-order valence-electron chi connectivity index (χ1n) is 10.6. The van der Waals surface area contributed by atoms with E-state index in [2.05, 4.69) is 39.1 Å². The van der Waals surface area contributed by atoms with E-state index < -0.39 is 5.60 Å². The number of piperidine rings is 1. The average molecular weight is 428 g/mol. The lowest BCUT2D eigenvalue weighted by Gasteiger charge is -2.38. The van der Waals surface area contributed by atoms with Crippen LogP contribution in [0.25, 0.3) is 0 Å². The number of carbonyl (C=O) groups excluding carboxylic acids is 1. The number of aliphatic hydroxyl groups is 1. The average Bonchev–Trinajstić information content (AvgIpc) is 2.80. The molecule has 2 aromatic carbocycles. The summed E-state index contributed by atoms with van der Waals surface area (Å²) >= 11 is 0. The van der Waals surface area contributed by atoms with Crippen molar-refractivity contribution in [1.82, 2.24) is 10.2 Å². The fourth-order valence-corrected chi connectivity index (χ4v) is 3.77. The normalized spacial score (nSPS) is 14.9.